The first-order valence-corrected chi connectivity index (χ1v) is 12.2. The third-order valence-electron chi connectivity index (χ3n) is 7.93. The van der Waals surface area contributed by atoms with Crippen molar-refractivity contribution in [3.8, 4) is 0 Å². The third-order valence-corrected chi connectivity index (χ3v) is 7.93. The minimum atomic E-state index is -0.0126. The van der Waals surface area contributed by atoms with E-state index < -0.39 is 0 Å². The van der Waals surface area contributed by atoms with Crippen molar-refractivity contribution in [3.05, 3.63) is 35.4 Å². The Kier molecular flexibility index (Phi) is 8.18. The second-order valence-electron chi connectivity index (χ2n) is 9.96. The van der Waals surface area contributed by atoms with Crippen LogP contribution in [0, 0.1) is 17.3 Å². The number of aryl methyl sites for hydroxylation is 1. The molecule has 0 radical (unpaired) electrons. The van der Waals surface area contributed by atoms with Gasteiger partial charge in [0.1, 0.15) is 6.29 Å². The van der Waals surface area contributed by atoms with Crippen LogP contribution in [0.15, 0.2) is 24.3 Å². The zero-order chi connectivity index (χ0) is 19.8. The highest BCUT2D eigenvalue weighted by molar-refractivity contribution is 5.59. The molecule has 1 heteroatoms. The molecule has 2 aliphatic carbocycles. The molecule has 1 nitrogen and oxygen atoms in total. The van der Waals surface area contributed by atoms with Gasteiger partial charge in [-0.05, 0) is 73.8 Å². The van der Waals surface area contributed by atoms with Crippen molar-refractivity contribution in [2.75, 3.05) is 0 Å². The fourth-order valence-corrected chi connectivity index (χ4v) is 6.00. The smallest absolute Gasteiger partial charge is 0.126 e. The maximum absolute atomic E-state index is 11.6. The topological polar surface area (TPSA) is 17.1 Å². The minimum Gasteiger partial charge on any atom is -0.303 e. The van der Waals surface area contributed by atoms with Crippen LogP contribution in [0.5, 0.6) is 0 Å². The van der Waals surface area contributed by atoms with Gasteiger partial charge in [0.15, 0.2) is 0 Å². The zero-order valence-electron chi connectivity index (χ0n) is 18.4. The number of carbonyl (C=O) groups is 1. The van der Waals surface area contributed by atoms with Gasteiger partial charge in [-0.25, -0.2) is 0 Å². The van der Waals surface area contributed by atoms with E-state index in [9.17, 15) is 4.79 Å². The van der Waals surface area contributed by atoms with E-state index in [1.54, 1.807) is 0 Å². The quantitative estimate of drug-likeness (QED) is 0.397. The number of hydrogen-bond acceptors (Lipinski definition) is 1. The van der Waals surface area contributed by atoms with E-state index in [0.717, 1.165) is 37.5 Å². The number of rotatable bonds is 9. The van der Waals surface area contributed by atoms with E-state index in [4.69, 9.17) is 0 Å². The Morgan fingerprint density at radius 2 is 1.46 bits per heavy atom. The fraction of sp³-hybridized carbons (Fsp3) is 0.741. The van der Waals surface area contributed by atoms with Crippen molar-refractivity contribution in [1.29, 1.82) is 0 Å². The first kappa shape index (κ1) is 21.6. The molecule has 0 heterocycles. The third kappa shape index (κ3) is 5.71. The molecule has 3 rings (SSSR count). The van der Waals surface area contributed by atoms with Crippen LogP contribution in [0.4, 0.5) is 0 Å². The second-order valence-corrected chi connectivity index (χ2v) is 9.96. The van der Waals surface area contributed by atoms with Crippen molar-refractivity contribution in [2.45, 2.75) is 110 Å². The van der Waals surface area contributed by atoms with Crippen LogP contribution in [0.1, 0.15) is 114 Å². The monoisotopic (exact) mass is 382 g/mol. The van der Waals surface area contributed by atoms with Crippen molar-refractivity contribution < 1.29 is 4.79 Å². The first-order valence-electron chi connectivity index (χ1n) is 12.2. The van der Waals surface area contributed by atoms with Crippen LogP contribution in [0.2, 0.25) is 0 Å². The lowest BCUT2D eigenvalue weighted by molar-refractivity contribution is -0.118. The predicted octanol–water partition coefficient (Wildman–Crippen LogP) is 7.87. The van der Waals surface area contributed by atoms with Gasteiger partial charge in [-0.2, -0.15) is 0 Å². The van der Waals surface area contributed by atoms with Crippen molar-refractivity contribution >= 4 is 6.29 Å². The summed E-state index contributed by atoms with van der Waals surface area (Å²) >= 11 is 0. The normalized spacial score (nSPS) is 30.9. The summed E-state index contributed by atoms with van der Waals surface area (Å²) in [5.41, 5.74) is 3.00. The van der Waals surface area contributed by atoms with Crippen LogP contribution in [-0.2, 0) is 11.2 Å². The van der Waals surface area contributed by atoms with Gasteiger partial charge in [-0.3, -0.25) is 0 Å². The van der Waals surface area contributed by atoms with Crippen LogP contribution in [0.25, 0.3) is 0 Å². The van der Waals surface area contributed by atoms with E-state index in [1.807, 2.05) is 0 Å². The molecule has 156 valence electrons. The summed E-state index contributed by atoms with van der Waals surface area (Å²) in [5.74, 6) is 2.64. The van der Waals surface area contributed by atoms with Gasteiger partial charge in [0.25, 0.3) is 0 Å². The molecule has 28 heavy (non-hydrogen) atoms. The largest absolute Gasteiger partial charge is 0.303 e. The summed E-state index contributed by atoms with van der Waals surface area (Å²) in [5, 5.41) is 0. The average molecular weight is 383 g/mol. The van der Waals surface area contributed by atoms with Gasteiger partial charge in [0.2, 0.25) is 0 Å². The number of benzene rings is 1. The molecule has 0 amide bonds. The van der Waals surface area contributed by atoms with Crippen molar-refractivity contribution in [3.63, 3.8) is 0 Å². The van der Waals surface area contributed by atoms with Gasteiger partial charge < -0.3 is 4.79 Å². The molecule has 0 atom stereocenters. The van der Waals surface area contributed by atoms with E-state index in [1.165, 1.54) is 81.6 Å². The molecule has 0 spiro atoms. The summed E-state index contributed by atoms with van der Waals surface area (Å²) in [6, 6.07) is 9.52. The maximum Gasteiger partial charge on any atom is 0.126 e. The Bertz CT molecular complexity index is 571. The van der Waals surface area contributed by atoms with Gasteiger partial charge in [0.05, 0.1) is 0 Å². The molecule has 2 aliphatic rings. The first-order chi connectivity index (χ1) is 13.7. The van der Waals surface area contributed by atoms with Gasteiger partial charge in [-0.1, -0.05) is 83.1 Å². The number of hydrogen-bond donors (Lipinski definition) is 0. The Morgan fingerprint density at radius 3 is 2.00 bits per heavy atom. The molecule has 2 saturated carbocycles. The van der Waals surface area contributed by atoms with E-state index in [0.29, 0.717) is 5.92 Å². The average Bonchev–Trinajstić information content (AvgIpc) is 2.75. The lowest BCUT2D eigenvalue weighted by atomic mass is 9.68. The lowest BCUT2D eigenvalue weighted by Gasteiger charge is -2.36. The van der Waals surface area contributed by atoms with Crippen molar-refractivity contribution in [1.82, 2.24) is 0 Å². The summed E-state index contributed by atoms with van der Waals surface area (Å²) in [6.45, 7) is 4.53. The highest BCUT2D eigenvalue weighted by atomic mass is 16.1. The van der Waals surface area contributed by atoms with Crippen LogP contribution >= 0.6 is 0 Å². The SMILES string of the molecule is CCCC1CCC(CCc2ccc(C3CCC(C=O)(CCC)CC3)cc2)CC1. The standard InChI is InChI=1S/C27H42O/c1-3-5-22-6-8-23(9-7-22)10-11-24-12-14-25(15-13-24)26-16-19-27(21-28,18-4-2)20-17-26/h12-15,21-23,26H,3-11,16-20H2,1-2H3. The molecular formula is C27H42O. The van der Waals surface area contributed by atoms with Crippen LogP contribution < -0.4 is 0 Å². The maximum atomic E-state index is 11.6. The molecule has 0 saturated heterocycles. The van der Waals surface area contributed by atoms with E-state index in [-0.39, 0.29) is 5.41 Å². The summed E-state index contributed by atoms with van der Waals surface area (Å²) in [4.78, 5) is 11.6. The Balaban J connectivity index is 1.44. The highest BCUT2D eigenvalue weighted by Crippen LogP contribution is 2.44. The molecule has 1 aromatic rings. The van der Waals surface area contributed by atoms with Crippen LogP contribution in [-0.4, -0.2) is 6.29 Å². The van der Waals surface area contributed by atoms with Gasteiger partial charge >= 0.3 is 0 Å². The van der Waals surface area contributed by atoms with E-state index >= 15 is 0 Å². The lowest BCUT2D eigenvalue weighted by Crippen LogP contribution is -2.28. The molecule has 0 aliphatic heterocycles. The summed E-state index contributed by atoms with van der Waals surface area (Å²) < 4.78 is 0. The molecule has 1 aromatic carbocycles. The molecule has 0 N–H and O–H groups in total. The molecule has 2 fully saturated rings. The summed E-state index contributed by atoms with van der Waals surface area (Å²) in [6.07, 6.45) is 19.3. The molecule has 0 aromatic heterocycles. The zero-order valence-corrected chi connectivity index (χ0v) is 18.4. The van der Waals surface area contributed by atoms with Gasteiger partial charge in [-0.15, -0.1) is 0 Å². The van der Waals surface area contributed by atoms with Gasteiger partial charge in [0, 0.05) is 5.41 Å². The number of carbonyl (C=O) groups excluding carboxylic acids is 1. The summed E-state index contributed by atoms with van der Waals surface area (Å²) in [7, 11) is 0. The van der Waals surface area contributed by atoms with E-state index in [2.05, 4.69) is 38.1 Å². The molecule has 0 bridgehead atoms. The Labute approximate surface area is 173 Å². The van der Waals surface area contributed by atoms with Crippen molar-refractivity contribution in [2.24, 2.45) is 17.3 Å². The minimum absolute atomic E-state index is 0.0126. The predicted molar refractivity (Wildman–Crippen MR) is 120 cm³/mol. The highest BCUT2D eigenvalue weighted by Gasteiger charge is 2.34. The second kappa shape index (κ2) is 10.6. The molecular weight excluding hydrogens is 340 g/mol. The fourth-order valence-electron chi connectivity index (χ4n) is 6.00. The Hall–Kier alpha value is -1.11. The molecule has 0 unspecified atom stereocenters. The Morgan fingerprint density at radius 1 is 0.857 bits per heavy atom. The number of aldehydes is 1. The van der Waals surface area contributed by atoms with Crippen LogP contribution in [0.3, 0.4) is 0 Å².